The molecule has 0 amide bonds. The van der Waals surface area contributed by atoms with Crippen LogP contribution in [-0.4, -0.2) is 18.4 Å². The monoisotopic (exact) mass is 210 g/mol. The van der Waals surface area contributed by atoms with Crippen LogP contribution < -0.4 is 0 Å². The predicted octanol–water partition coefficient (Wildman–Crippen LogP) is 2.11. The minimum absolute atomic E-state index is 0.00179. The molecule has 1 aliphatic rings. The fourth-order valence-electron chi connectivity index (χ4n) is 1.72. The van der Waals surface area contributed by atoms with Crippen molar-refractivity contribution in [1.82, 2.24) is 0 Å². The van der Waals surface area contributed by atoms with Crippen LogP contribution in [0.4, 0.5) is 0 Å². The molecule has 0 heterocycles. The molecule has 84 valence electrons. The van der Waals surface area contributed by atoms with Gasteiger partial charge in [-0.25, -0.2) is 0 Å². The summed E-state index contributed by atoms with van der Waals surface area (Å²) in [6.07, 6.45) is 5.46. The van der Waals surface area contributed by atoms with E-state index in [0.717, 1.165) is 6.29 Å². The summed E-state index contributed by atoms with van der Waals surface area (Å²) in [6, 6.07) is 0. The minimum atomic E-state index is -0.296. The molecule has 3 nitrogen and oxygen atoms in total. The molecule has 2 unspecified atom stereocenters. The van der Waals surface area contributed by atoms with Crippen LogP contribution in [0.15, 0.2) is 12.2 Å². The van der Waals surface area contributed by atoms with Crippen LogP contribution in [-0.2, 0) is 14.3 Å². The van der Waals surface area contributed by atoms with Gasteiger partial charge in [0.25, 0.3) is 0 Å². The summed E-state index contributed by atoms with van der Waals surface area (Å²) >= 11 is 0. The fourth-order valence-corrected chi connectivity index (χ4v) is 1.72. The Morgan fingerprint density at radius 1 is 1.60 bits per heavy atom. The average molecular weight is 210 g/mol. The molecule has 3 heteroatoms. The molecule has 0 aromatic carbocycles. The first-order valence-corrected chi connectivity index (χ1v) is 5.32. The van der Waals surface area contributed by atoms with Gasteiger partial charge in [-0.05, 0) is 11.8 Å². The zero-order valence-corrected chi connectivity index (χ0v) is 9.53. The SMILES string of the molecule is CCC(=O)OC1CC(C)(C)C=CC1C=O. The summed E-state index contributed by atoms with van der Waals surface area (Å²) in [6.45, 7) is 5.89. The normalized spacial score (nSPS) is 28.5. The lowest BCUT2D eigenvalue weighted by Crippen LogP contribution is -2.34. The summed E-state index contributed by atoms with van der Waals surface area (Å²) in [4.78, 5) is 22.0. The molecule has 0 saturated carbocycles. The van der Waals surface area contributed by atoms with E-state index < -0.39 is 0 Å². The standard InChI is InChI=1S/C12H18O3/c1-4-11(14)15-10-7-12(2,3)6-5-9(10)8-13/h5-6,8-10H,4,7H2,1-3H3. The summed E-state index contributed by atoms with van der Waals surface area (Å²) < 4.78 is 5.26. The van der Waals surface area contributed by atoms with Crippen LogP contribution in [0.5, 0.6) is 0 Å². The molecule has 2 atom stereocenters. The van der Waals surface area contributed by atoms with E-state index in [9.17, 15) is 9.59 Å². The van der Waals surface area contributed by atoms with Crippen LogP contribution in [0.25, 0.3) is 0 Å². The second-order valence-electron chi connectivity index (χ2n) is 4.65. The zero-order valence-electron chi connectivity index (χ0n) is 9.53. The first kappa shape index (κ1) is 12.0. The Bertz CT molecular complexity index is 279. The quantitative estimate of drug-likeness (QED) is 0.407. The van der Waals surface area contributed by atoms with Crippen molar-refractivity contribution in [1.29, 1.82) is 0 Å². The van der Waals surface area contributed by atoms with Gasteiger partial charge in [0.15, 0.2) is 0 Å². The summed E-state index contributed by atoms with van der Waals surface area (Å²) in [5.41, 5.74) is -0.00179. The molecule has 0 aliphatic heterocycles. The first-order valence-electron chi connectivity index (χ1n) is 5.32. The molecular weight excluding hydrogens is 192 g/mol. The smallest absolute Gasteiger partial charge is 0.305 e. The number of carbonyl (C=O) groups is 2. The van der Waals surface area contributed by atoms with Crippen LogP contribution in [0.1, 0.15) is 33.6 Å². The number of hydrogen-bond acceptors (Lipinski definition) is 3. The number of hydrogen-bond donors (Lipinski definition) is 0. The molecule has 0 saturated heterocycles. The Hall–Kier alpha value is -1.12. The van der Waals surface area contributed by atoms with Crippen molar-refractivity contribution in [2.45, 2.75) is 39.7 Å². The van der Waals surface area contributed by atoms with E-state index >= 15 is 0 Å². The van der Waals surface area contributed by atoms with Gasteiger partial charge in [-0.2, -0.15) is 0 Å². The lowest BCUT2D eigenvalue weighted by molar-refractivity contribution is -0.152. The summed E-state index contributed by atoms with van der Waals surface area (Å²) in [5, 5.41) is 0. The van der Waals surface area contributed by atoms with Crippen molar-refractivity contribution < 1.29 is 14.3 Å². The second-order valence-corrected chi connectivity index (χ2v) is 4.65. The fraction of sp³-hybridized carbons (Fsp3) is 0.667. The van der Waals surface area contributed by atoms with Crippen molar-refractivity contribution in [3.05, 3.63) is 12.2 Å². The number of aldehydes is 1. The second kappa shape index (κ2) is 4.60. The van der Waals surface area contributed by atoms with Crippen LogP contribution in [0.3, 0.4) is 0 Å². The van der Waals surface area contributed by atoms with Crippen molar-refractivity contribution in [2.24, 2.45) is 11.3 Å². The predicted molar refractivity (Wildman–Crippen MR) is 57.3 cm³/mol. The maximum atomic E-state index is 11.2. The van der Waals surface area contributed by atoms with E-state index in [-0.39, 0.29) is 23.4 Å². The van der Waals surface area contributed by atoms with Gasteiger partial charge in [-0.1, -0.05) is 32.9 Å². The van der Waals surface area contributed by atoms with E-state index in [0.29, 0.717) is 12.8 Å². The Morgan fingerprint density at radius 2 is 2.27 bits per heavy atom. The van der Waals surface area contributed by atoms with Crippen molar-refractivity contribution >= 4 is 12.3 Å². The summed E-state index contributed by atoms with van der Waals surface area (Å²) in [5.74, 6) is -0.522. The van der Waals surface area contributed by atoms with Gasteiger partial charge in [-0.15, -0.1) is 0 Å². The van der Waals surface area contributed by atoms with E-state index in [1.54, 1.807) is 6.92 Å². The van der Waals surface area contributed by atoms with Crippen LogP contribution in [0, 0.1) is 11.3 Å². The molecule has 0 aromatic heterocycles. The molecule has 0 N–H and O–H groups in total. The molecule has 1 aliphatic carbocycles. The Balaban J connectivity index is 2.73. The van der Waals surface area contributed by atoms with Gasteiger partial charge in [-0.3, -0.25) is 4.79 Å². The number of allylic oxidation sites excluding steroid dienone is 1. The van der Waals surface area contributed by atoms with Gasteiger partial charge < -0.3 is 9.53 Å². The van der Waals surface area contributed by atoms with Gasteiger partial charge in [0.1, 0.15) is 12.4 Å². The van der Waals surface area contributed by atoms with E-state index in [4.69, 9.17) is 4.74 Å². The van der Waals surface area contributed by atoms with E-state index in [1.165, 1.54) is 0 Å². The largest absolute Gasteiger partial charge is 0.461 e. The maximum Gasteiger partial charge on any atom is 0.305 e. The van der Waals surface area contributed by atoms with Gasteiger partial charge in [0.2, 0.25) is 0 Å². The summed E-state index contributed by atoms with van der Waals surface area (Å²) in [7, 11) is 0. The lowest BCUT2D eigenvalue weighted by atomic mass is 9.77. The molecular formula is C12H18O3. The highest BCUT2D eigenvalue weighted by molar-refractivity contribution is 5.70. The van der Waals surface area contributed by atoms with E-state index in [1.807, 2.05) is 12.2 Å². The molecule has 0 bridgehead atoms. The van der Waals surface area contributed by atoms with Crippen LogP contribution >= 0.6 is 0 Å². The lowest BCUT2D eigenvalue weighted by Gasteiger charge is -2.33. The maximum absolute atomic E-state index is 11.2. The molecule has 0 radical (unpaired) electrons. The highest BCUT2D eigenvalue weighted by Crippen LogP contribution is 2.33. The third-order valence-electron chi connectivity index (χ3n) is 2.65. The van der Waals surface area contributed by atoms with Gasteiger partial charge >= 0.3 is 5.97 Å². The molecule has 0 aromatic rings. The number of esters is 1. The zero-order chi connectivity index (χ0) is 11.5. The number of rotatable bonds is 3. The van der Waals surface area contributed by atoms with Gasteiger partial charge in [0, 0.05) is 6.42 Å². The van der Waals surface area contributed by atoms with E-state index in [2.05, 4.69) is 13.8 Å². The van der Waals surface area contributed by atoms with Crippen molar-refractivity contribution in [2.75, 3.05) is 0 Å². The first-order chi connectivity index (χ1) is 6.98. The van der Waals surface area contributed by atoms with Gasteiger partial charge in [0.05, 0.1) is 5.92 Å². The molecule has 0 spiro atoms. The number of ether oxygens (including phenoxy) is 1. The highest BCUT2D eigenvalue weighted by Gasteiger charge is 2.32. The Morgan fingerprint density at radius 3 is 2.80 bits per heavy atom. The Labute approximate surface area is 90.5 Å². The number of carbonyl (C=O) groups excluding carboxylic acids is 2. The van der Waals surface area contributed by atoms with Crippen molar-refractivity contribution in [3.8, 4) is 0 Å². The topological polar surface area (TPSA) is 43.4 Å². The molecule has 15 heavy (non-hydrogen) atoms. The highest BCUT2D eigenvalue weighted by atomic mass is 16.5. The average Bonchev–Trinajstić information content (AvgIpc) is 2.17. The third kappa shape index (κ3) is 3.18. The minimum Gasteiger partial charge on any atom is -0.461 e. The molecule has 1 rings (SSSR count). The molecule has 0 fully saturated rings. The van der Waals surface area contributed by atoms with Crippen molar-refractivity contribution in [3.63, 3.8) is 0 Å². The Kier molecular flexibility index (Phi) is 3.66. The van der Waals surface area contributed by atoms with Crippen LogP contribution in [0.2, 0.25) is 0 Å². The third-order valence-corrected chi connectivity index (χ3v) is 2.65.